The molecule has 3 fully saturated rings. The summed E-state index contributed by atoms with van der Waals surface area (Å²) in [5.74, 6) is -0.492. The summed E-state index contributed by atoms with van der Waals surface area (Å²) in [5, 5.41) is 12.6. The Kier molecular flexibility index (Phi) is 12.0. The second kappa shape index (κ2) is 17.1. The number of ether oxygens (including phenoxy) is 4. The van der Waals surface area contributed by atoms with Crippen LogP contribution in [0.4, 0.5) is 9.93 Å². The van der Waals surface area contributed by atoms with Crippen molar-refractivity contribution >= 4 is 51.2 Å². The first-order valence-electron chi connectivity index (χ1n) is 19.8. The number of hydrogen-bond acceptors (Lipinski definition) is 12. The quantitative estimate of drug-likeness (QED) is 0.168. The number of benzene rings is 1. The van der Waals surface area contributed by atoms with Gasteiger partial charge < -0.3 is 39.8 Å². The van der Waals surface area contributed by atoms with E-state index in [1.54, 1.807) is 7.11 Å². The highest BCUT2D eigenvalue weighted by molar-refractivity contribution is 7.14. The van der Waals surface area contributed by atoms with Gasteiger partial charge in [-0.05, 0) is 77.3 Å². The summed E-state index contributed by atoms with van der Waals surface area (Å²) in [4.78, 5) is 66.5. The molecule has 2 saturated carbocycles. The molecule has 5 atom stereocenters. The van der Waals surface area contributed by atoms with Gasteiger partial charge in [-0.3, -0.25) is 9.59 Å². The number of alkyl carbamates (subject to hydrolysis) is 1. The molecule has 2 aliphatic carbocycles. The lowest BCUT2D eigenvalue weighted by molar-refractivity contribution is -0.148. The van der Waals surface area contributed by atoms with E-state index in [1.807, 2.05) is 55.6 Å². The Hall–Kier alpha value is -4.92. The zero-order valence-corrected chi connectivity index (χ0v) is 33.3. The van der Waals surface area contributed by atoms with Crippen molar-refractivity contribution in [1.29, 1.82) is 0 Å². The van der Waals surface area contributed by atoms with E-state index in [1.165, 1.54) is 23.3 Å². The lowest BCUT2D eigenvalue weighted by Crippen LogP contribution is -2.56. The number of esters is 1. The van der Waals surface area contributed by atoms with Crippen LogP contribution in [-0.4, -0.2) is 95.4 Å². The largest absolute Gasteiger partial charge is 0.497 e. The van der Waals surface area contributed by atoms with Crippen LogP contribution >= 0.6 is 11.3 Å². The van der Waals surface area contributed by atoms with Crippen LogP contribution < -0.4 is 25.4 Å². The average molecular weight is 789 g/mol. The van der Waals surface area contributed by atoms with Gasteiger partial charge in [-0.25, -0.2) is 19.6 Å². The molecule has 300 valence electrons. The first kappa shape index (κ1) is 39.3. The van der Waals surface area contributed by atoms with Crippen molar-refractivity contribution in [3.05, 3.63) is 41.8 Å². The van der Waals surface area contributed by atoms with Crippen molar-refractivity contribution < 1.29 is 38.1 Å². The second-order valence-electron chi connectivity index (χ2n) is 15.5. The minimum absolute atomic E-state index is 0.0653. The smallest absolute Gasteiger partial charge is 0.408 e. The number of amides is 3. The number of anilines is 1. The number of carbonyl (C=O) groups excluding carboxylic acids is 4. The van der Waals surface area contributed by atoms with Crippen LogP contribution in [0.2, 0.25) is 0 Å². The van der Waals surface area contributed by atoms with Crippen LogP contribution in [0.1, 0.15) is 84.5 Å². The van der Waals surface area contributed by atoms with Crippen LogP contribution in [0.5, 0.6) is 11.5 Å². The summed E-state index contributed by atoms with van der Waals surface area (Å²) in [6, 6.07) is 5.65. The number of rotatable bonds is 9. The van der Waals surface area contributed by atoms with Crippen molar-refractivity contribution in [2.75, 3.05) is 26.1 Å². The van der Waals surface area contributed by atoms with E-state index in [0.717, 1.165) is 55.5 Å². The molecule has 4 heterocycles. The molecule has 14 nitrogen and oxygen atoms in total. The highest BCUT2D eigenvalue weighted by Gasteiger charge is 2.62. The molecule has 4 aliphatic rings. The lowest BCUT2D eigenvalue weighted by atomic mass is 10.0. The molecule has 3 amide bonds. The van der Waals surface area contributed by atoms with Gasteiger partial charge in [0.2, 0.25) is 11.8 Å². The third-order valence-corrected chi connectivity index (χ3v) is 11.9. The summed E-state index contributed by atoms with van der Waals surface area (Å²) >= 11 is 1.48. The molecule has 3 aromatic rings. The standard InChI is InChI=1S/C41H52N6O8S/c1-24(2)42-39-44-33(23-56-39)32-20-35(29-17-16-27(52-3)18-31(29)43-32)54-28-19-34-36(48)46-41(38(50)53-4)21-25(41)12-8-6-5-7-9-15-30(37(49)47(34)22-28)45-40(51)55-26-13-10-11-14-26/h8,12,16-18,20,23-26,28,30,34H,5-7,9-11,13-15,19,21-22H2,1-4H3,(H,42,44)(H,45,51)(H,46,48)/t25-,28-,30+,34+,41-/m1/s1. The number of nitrogens with zero attached hydrogens (tertiary/aromatic N) is 3. The summed E-state index contributed by atoms with van der Waals surface area (Å²) in [6.45, 7) is 4.16. The van der Waals surface area contributed by atoms with Gasteiger partial charge in [0.05, 0.1) is 32.0 Å². The monoisotopic (exact) mass is 788 g/mol. The van der Waals surface area contributed by atoms with Crippen molar-refractivity contribution in [2.24, 2.45) is 5.92 Å². The Morgan fingerprint density at radius 3 is 2.57 bits per heavy atom. The average Bonchev–Trinajstić information content (AvgIpc) is 3.62. The molecule has 0 unspecified atom stereocenters. The second-order valence-corrected chi connectivity index (χ2v) is 16.4. The molecule has 0 radical (unpaired) electrons. The van der Waals surface area contributed by atoms with E-state index in [2.05, 4.69) is 16.0 Å². The molecule has 0 bridgehead atoms. The van der Waals surface area contributed by atoms with Crippen LogP contribution in [0.3, 0.4) is 0 Å². The number of methoxy groups -OCH3 is 2. The maximum absolute atomic E-state index is 14.6. The predicted octanol–water partition coefficient (Wildman–Crippen LogP) is 6.14. The third-order valence-electron chi connectivity index (χ3n) is 11.1. The topological polar surface area (TPSA) is 170 Å². The molecular weight excluding hydrogens is 737 g/mol. The first-order valence-corrected chi connectivity index (χ1v) is 20.7. The molecule has 15 heteroatoms. The van der Waals surface area contributed by atoms with E-state index in [4.69, 9.17) is 28.9 Å². The van der Waals surface area contributed by atoms with Crippen LogP contribution in [0.25, 0.3) is 22.3 Å². The number of thiazole rings is 1. The number of nitrogens with one attached hydrogen (secondary N) is 3. The van der Waals surface area contributed by atoms with Crippen molar-refractivity contribution in [3.63, 3.8) is 0 Å². The van der Waals surface area contributed by atoms with Gasteiger partial charge in [0, 0.05) is 41.3 Å². The van der Waals surface area contributed by atoms with Gasteiger partial charge in [0.25, 0.3) is 0 Å². The summed E-state index contributed by atoms with van der Waals surface area (Å²) in [6.07, 6.45) is 10.3. The number of carbonyl (C=O) groups is 4. The van der Waals surface area contributed by atoms with E-state index < -0.39 is 47.6 Å². The van der Waals surface area contributed by atoms with E-state index in [0.29, 0.717) is 47.7 Å². The van der Waals surface area contributed by atoms with Gasteiger partial charge in [0.1, 0.15) is 47.0 Å². The number of pyridine rings is 1. The SMILES string of the molecule is COC(=O)[C@@]12C[C@H]1C=CCCCCC[C@H](NC(=O)OC1CCCC1)C(=O)N1C[C@H](Oc3cc(-c4csc(NC(C)C)n4)nc4cc(OC)ccc34)C[C@H]1C(=O)N2. The zero-order chi connectivity index (χ0) is 39.4. The number of hydrogen-bond donors (Lipinski definition) is 3. The predicted molar refractivity (Wildman–Crippen MR) is 212 cm³/mol. The van der Waals surface area contributed by atoms with E-state index in [9.17, 15) is 19.2 Å². The highest BCUT2D eigenvalue weighted by Crippen LogP contribution is 2.46. The number of aromatic nitrogens is 2. The Bertz CT molecular complexity index is 1960. The fourth-order valence-corrected chi connectivity index (χ4v) is 8.92. The van der Waals surface area contributed by atoms with Gasteiger partial charge in [-0.2, -0.15) is 0 Å². The van der Waals surface area contributed by atoms with Crippen molar-refractivity contribution in [2.45, 2.75) is 120 Å². The summed E-state index contributed by atoms with van der Waals surface area (Å²) in [7, 11) is 2.90. The van der Waals surface area contributed by atoms with E-state index in [-0.39, 0.29) is 31.0 Å². The molecular formula is C41H52N6O8S. The highest BCUT2D eigenvalue weighted by atomic mass is 32.1. The number of fused-ring (bicyclic) bond motifs is 3. The fraction of sp³-hybridized carbons (Fsp3) is 0.561. The van der Waals surface area contributed by atoms with Crippen LogP contribution in [0, 0.1) is 5.92 Å². The van der Waals surface area contributed by atoms with Crippen LogP contribution in [-0.2, 0) is 23.9 Å². The molecule has 1 aromatic carbocycles. The lowest BCUT2D eigenvalue weighted by Gasteiger charge is -2.29. The van der Waals surface area contributed by atoms with Crippen molar-refractivity contribution in [3.8, 4) is 22.9 Å². The zero-order valence-electron chi connectivity index (χ0n) is 32.5. The van der Waals surface area contributed by atoms with Gasteiger partial charge in [0.15, 0.2) is 5.13 Å². The van der Waals surface area contributed by atoms with Gasteiger partial charge in [-0.1, -0.05) is 25.0 Å². The fourth-order valence-electron chi connectivity index (χ4n) is 8.07. The van der Waals surface area contributed by atoms with Gasteiger partial charge in [-0.15, -0.1) is 11.3 Å². The maximum Gasteiger partial charge on any atom is 0.408 e. The normalized spacial score (nSPS) is 25.8. The third kappa shape index (κ3) is 8.72. The molecule has 7 rings (SSSR count). The molecule has 2 aliphatic heterocycles. The first-order chi connectivity index (χ1) is 27.1. The van der Waals surface area contributed by atoms with E-state index >= 15 is 0 Å². The molecule has 56 heavy (non-hydrogen) atoms. The molecule has 0 spiro atoms. The molecule has 2 aromatic heterocycles. The molecule has 1 saturated heterocycles. The Balaban J connectivity index is 1.21. The Labute approximate surface area is 331 Å². The van der Waals surface area contributed by atoms with Crippen LogP contribution in [0.15, 0.2) is 41.8 Å². The minimum Gasteiger partial charge on any atom is -0.497 e. The molecule has 3 N–H and O–H groups in total. The van der Waals surface area contributed by atoms with Crippen molar-refractivity contribution in [1.82, 2.24) is 25.5 Å². The Morgan fingerprint density at radius 2 is 1.80 bits per heavy atom. The number of allylic oxidation sites excluding steroid dienone is 1. The summed E-state index contributed by atoms with van der Waals surface area (Å²) < 4.78 is 23.1. The minimum atomic E-state index is -1.22. The summed E-state index contributed by atoms with van der Waals surface area (Å²) in [5.41, 5.74) is 0.669. The Morgan fingerprint density at radius 1 is 1.00 bits per heavy atom. The maximum atomic E-state index is 14.6. The van der Waals surface area contributed by atoms with Gasteiger partial charge >= 0.3 is 12.1 Å².